The van der Waals surface area contributed by atoms with Gasteiger partial charge >= 0.3 is 5.97 Å². The van der Waals surface area contributed by atoms with Gasteiger partial charge in [-0.1, -0.05) is 48.9 Å². The van der Waals surface area contributed by atoms with E-state index in [1.165, 1.54) is 31.1 Å². The molecule has 3 nitrogen and oxygen atoms in total. The molecule has 0 N–H and O–H groups in total. The largest absolute Gasteiger partial charge is 0.469 e. The van der Waals surface area contributed by atoms with E-state index < -0.39 is 0 Å². The highest BCUT2D eigenvalue weighted by Crippen LogP contribution is 2.44. The lowest BCUT2D eigenvalue weighted by Crippen LogP contribution is -2.39. The molecule has 3 heteroatoms. The zero-order chi connectivity index (χ0) is 17.0. The molecule has 1 aliphatic heterocycles. The fraction of sp³-hybridized carbons (Fsp3) is 0.571. The second kappa shape index (κ2) is 7.52. The molecule has 1 fully saturated rings. The van der Waals surface area contributed by atoms with Crippen molar-refractivity contribution in [1.82, 2.24) is 4.90 Å². The molecule has 0 spiro atoms. The maximum Gasteiger partial charge on any atom is 0.313 e. The van der Waals surface area contributed by atoms with Crippen LogP contribution >= 0.6 is 0 Å². The Bertz CT molecular complexity index is 595. The number of likely N-dealkylation sites (tertiary alicyclic amines) is 1. The van der Waals surface area contributed by atoms with Crippen LogP contribution in [0.5, 0.6) is 0 Å². The van der Waals surface area contributed by atoms with Crippen LogP contribution in [0.25, 0.3) is 0 Å². The predicted molar refractivity (Wildman–Crippen MR) is 96.5 cm³/mol. The van der Waals surface area contributed by atoms with E-state index in [0.29, 0.717) is 5.92 Å². The van der Waals surface area contributed by atoms with Crippen LogP contribution in [0, 0.1) is 11.3 Å². The van der Waals surface area contributed by atoms with Crippen LogP contribution in [-0.4, -0.2) is 31.1 Å². The van der Waals surface area contributed by atoms with E-state index in [0.717, 1.165) is 38.9 Å². The van der Waals surface area contributed by atoms with Crippen LogP contribution in [0.2, 0.25) is 0 Å². The van der Waals surface area contributed by atoms with E-state index in [-0.39, 0.29) is 11.4 Å². The average molecular weight is 327 g/mol. The molecule has 0 bridgehead atoms. The number of carbonyl (C=O) groups is 1. The first kappa shape index (κ1) is 17.2. The summed E-state index contributed by atoms with van der Waals surface area (Å²) in [6.45, 7) is 4.87. The van der Waals surface area contributed by atoms with Crippen molar-refractivity contribution in [2.75, 3.05) is 20.2 Å². The quantitative estimate of drug-likeness (QED) is 0.600. The first-order valence-electron chi connectivity index (χ1n) is 9.16. The van der Waals surface area contributed by atoms with Crippen molar-refractivity contribution in [3.8, 4) is 0 Å². The van der Waals surface area contributed by atoms with E-state index in [4.69, 9.17) is 4.74 Å². The summed E-state index contributed by atoms with van der Waals surface area (Å²) in [6, 6.07) is 10.5. The first-order chi connectivity index (χ1) is 11.6. The summed E-state index contributed by atoms with van der Waals surface area (Å²) < 4.78 is 5.26. The van der Waals surface area contributed by atoms with Crippen LogP contribution in [0.15, 0.2) is 42.0 Å². The van der Waals surface area contributed by atoms with Gasteiger partial charge in [0.25, 0.3) is 0 Å². The van der Waals surface area contributed by atoms with Gasteiger partial charge in [0.15, 0.2) is 0 Å². The summed E-state index contributed by atoms with van der Waals surface area (Å²) in [5, 5.41) is 0. The van der Waals surface area contributed by atoms with Crippen LogP contribution in [-0.2, 0) is 16.1 Å². The number of hydrogen-bond acceptors (Lipinski definition) is 3. The number of ether oxygens (including phenoxy) is 1. The molecule has 0 unspecified atom stereocenters. The van der Waals surface area contributed by atoms with Crippen molar-refractivity contribution < 1.29 is 9.53 Å². The molecule has 1 saturated heterocycles. The van der Waals surface area contributed by atoms with Crippen molar-refractivity contribution >= 4 is 5.97 Å². The van der Waals surface area contributed by atoms with Crippen molar-refractivity contribution in [3.63, 3.8) is 0 Å². The summed E-state index contributed by atoms with van der Waals surface area (Å²) in [5.41, 5.74) is 2.38. The second-order valence-corrected chi connectivity index (χ2v) is 7.49. The maximum atomic E-state index is 12.7. The zero-order valence-corrected chi connectivity index (χ0v) is 15.0. The molecule has 1 heterocycles. The topological polar surface area (TPSA) is 29.5 Å². The van der Waals surface area contributed by atoms with Gasteiger partial charge in [0.05, 0.1) is 12.5 Å². The minimum Gasteiger partial charge on any atom is -0.469 e. The van der Waals surface area contributed by atoms with E-state index in [1.807, 2.05) is 6.07 Å². The van der Waals surface area contributed by atoms with Gasteiger partial charge in [0.1, 0.15) is 0 Å². The monoisotopic (exact) mass is 327 g/mol. The van der Waals surface area contributed by atoms with Gasteiger partial charge in [-0.2, -0.15) is 0 Å². The number of methoxy groups -OCH3 is 1. The zero-order valence-electron chi connectivity index (χ0n) is 15.0. The second-order valence-electron chi connectivity index (χ2n) is 7.49. The SMILES string of the molecule is COC(=O)[C@@]1(CC2=CCCCC2)CN(Cc2ccccc2)C[C@@H]1C. The molecule has 3 rings (SSSR count). The lowest BCUT2D eigenvalue weighted by molar-refractivity contribution is -0.154. The lowest BCUT2D eigenvalue weighted by atomic mass is 9.72. The van der Waals surface area contributed by atoms with Gasteiger partial charge in [0, 0.05) is 19.6 Å². The minimum absolute atomic E-state index is 0.0305. The average Bonchev–Trinajstić information content (AvgIpc) is 2.92. The number of carbonyl (C=O) groups excluding carboxylic acids is 1. The van der Waals surface area contributed by atoms with E-state index >= 15 is 0 Å². The molecule has 2 atom stereocenters. The Kier molecular flexibility index (Phi) is 5.40. The fourth-order valence-electron chi connectivity index (χ4n) is 4.39. The van der Waals surface area contributed by atoms with Crippen molar-refractivity contribution in [2.24, 2.45) is 11.3 Å². The molecular weight excluding hydrogens is 298 g/mol. The fourth-order valence-corrected chi connectivity index (χ4v) is 4.39. The highest BCUT2D eigenvalue weighted by molar-refractivity contribution is 5.78. The van der Waals surface area contributed by atoms with Crippen molar-refractivity contribution in [1.29, 1.82) is 0 Å². The van der Waals surface area contributed by atoms with Gasteiger partial charge in [-0.3, -0.25) is 9.69 Å². The Morgan fingerprint density at radius 1 is 1.29 bits per heavy atom. The van der Waals surface area contributed by atoms with Crippen molar-refractivity contribution in [2.45, 2.75) is 45.6 Å². The van der Waals surface area contributed by atoms with Crippen LogP contribution in [0.4, 0.5) is 0 Å². The molecule has 0 aromatic heterocycles. The summed E-state index contributed by atoms with van der Waals surface area (Å²) in [4.78, 5) is 15.2. The van der Waals surface area contributed by atoms with E-state index in [2.05, 4.69) is 42.2 Å². The number of benzene rings is 1. The lowest BCUT2D eigenvalue weighted by Gasteiger charge is -2.32. The molecule has 1 aliphatic carbocycles. The van der Waals surface area contributed by atoms with Crippen LogP contribution in [0.3, 0.4) is 0 Å². The Morgan fingerprint density at radius 3 is 2.75 bits per heavy atom. The summed E-state index contributed by atoms with van der Waals surface area (Å²) in [5.74, 6) is 0.286. The Morgan fingerprint density at radius 2 is 2.08 bits per heavy atom. The molecule has 1 aromatic rings. The van der Waals surface area contributed by atoms with E-state index in [9.17, 15) is 4.79 Å². The van der Waals surface area contributed by atoms with Gasteiger partial charge in [-0.25, -0.2) is 0 Å². The van der Waals surface area contributed by atoms with Gasteiger partial charge in [0.2, 0.25) is 0 Å². The molecule has 0 amide bonds. The Balaban J connectivity index is 1.77. The minimum atomic E-state index is -0.382. The number of allylic oxidation sites excluding steroid dienone is 2. The number of nitrogens with zero attached hydrogens (tertiary/aromatic N) is 1. The maximum absolute atomic E-state index is 12.7. The molecule has 1 aromatic carbocycles. The third kappa shape index (κ3) is 3.56. The molecule has 130 valence electrons. The molecule has 0 saturated carbocycles. The molecule has 0 radical (unpaired) electrons. The number of hydrogen-bond donors (Lipinski definition) is 0. The third-order valence-corrected chi connectivity index (χ3v) is 5.75. The molecular formula is C21H29NO2. The highest BCUT2D eigenvalue weighted by atomic mass is 16.5. The highest BCUT2D eigenvalue weighted by Gasteiger charge is 2.51. The van der Waals surface area contributed by atoms with Crippen LogP contribution < -0.4 is 0 Å². The summed E-state index contributed by atoms with van der Waals surface area (Å²) in [6.07, 6.45) is 8.07. The normalized spacial score (nSPS) is 27.8. The van der Waals surface area contributed by atoms with Crippen LogP contribution in [0.1, 0.15) is 44.6 Å². The first-order valence-corrected chi connectivity index (χ1v) is 9.16. The van der Waals surface area contributed by atoms with Gasteiger partial charge < -0.3 is 4.74 Å². The summed E-state index contributed by atoms with van der Waals surface area (Å²) >= 11 is 0. The molecule has 2 aliphatic rings. The molecule has 24 heavy (non-hydrogen) atoms. The van der Waals surface area contributed by atoms with Gasteiger partial charge in [-0.15, -0.1) is 0 Å². The smallest absolute Gasteiger partial charge is 0.313 e. The third-order valence-electron chi connectivity index (χ3n) is 5.75. The standard InChI is InChI=1S/C21H29NO2/c1-17-14-22(15-19-11-7-4-8-12-19)16-21(17,20(23)24-2)13-18-9-5-3-6-10-18/h4,7-9,11-12,17H,3,5-6,10,13-16H2,1-2H3/t17-,21-/m0/s1. The van der Waals surface area contributed by atoms with Crippen molar-refractivity contribution in [3.05, 3.63) is 47.5 Å². The number of esters is 1. The van der Waals surface area contributed by atoms with Gasteiger partial charge in [-0.05, 0) is 43.6 Å². The number of rotatable bonds is 5. The Labute approximate surface area is 145 Å². The van der Waals surface area contributed by atoms with E-state index in [1.54, 1.807) is 0 Å². The summed E-state index contributed by atoms with van der Waals surface area (Å²) in [7, 11) is 1.53. The predicted octanol–water partition coefficient (Wildman–Crippen LogP) is 4.19. The Hall–Kier alpha value is -1.61.